The van der Waals surface area contributed by atoms with E-state index in [1.807, 2.05) is 53.4 Å². The van der Waals surface area contributed by atoms with Gasteiger partial charge in [-0.25, -0.2) is 9.59 Å². The molecule has 1 heterocycles. The van der Waals surface area contributed by atoms with E-state index >= 15 is 0 Å². The Morgan fingerprint density at radius 1 is 0.907 bits per heavy atom. The fraction of sp³-hybridized carbons (Fsp3) is 0.343. The van der Waals surface area contributed by atoms with Gasteiger partial charge in [-0.05, 0) is 73.1 Å². The molecule has 8 heteroatoms. The molecule has 0 saturated carbocycles. The Bertz CT molecular complexity index is 1380. The molecule has 1 amide bonds. The van der Waals surface area contributed by atoms with Crippen molar-refractivity contribution in [1.82, 2.24) is 4.90 Å². The van der Waals surface area contributed by atoms with Crippen molar-refractivity contribution in [2.24, 2.45) is 5.92 Å². The molecule has 1 aliphatic heterocycles. The number of ether oxygens (including phenoxy) is 4. The van der Waals surface area contributed by atoms with Gasteiger partial charge in [0.05, 0.1) is 38.6 Å². The molecule has 0 aliphatic carbocycles. The molecule has 4 rings (SSSR count). The lowest BCUT2D eigenvalue weighted by molar-refractivity contribution is -0.142. The number of para-hydroxylation sites is 1. The smallest absolute Gasteiger partial charge is 0.337 e. The molecular formula is C35H39NO7. The largest absolute Gasteiger partial charge is 0.493 e. The first kappa shape index (κ1) is 31.5. The van der Waals surface area contributed by atoms with Crippen LogP contribution >= 0.6 is 0 Å². The van der Waals surface area contributed by atoms with Gasteiger partial charge in [0, 0.05) is 18.7 Å². The van der Waals surface area contributed by atoms with Crippen LogP contribution in [0.15, 0.2) is 78.9 Å². The van der Waals surface area contributed by atoms with Crippen molar-refractivity contribution in [1.29, 1.82) is 0 Å². The Morgan fingerprint density at radius 3 is 2.21 bits per heavy atom. The number of carbonyl (C=O) groups excluding carboxylic acids is 3. The third-order valence-electron chi connectivity index (χ3n) is 7.43. The van der Waals surface area contributed by atoms with Crippen LogP contribution in [0.1, 0.15) is 50.2 Å². The van der Waals surface area contributed by atoms with Crippen molar-refractivity contribution in [3.05, 3.63) is 107 Å². The molecule has 226 valence electrons. The van der Waals surface area contributed by atoms with Crippen LogP contribution in [0.5, 0.6) is 5.75 Å². The third-order valence-corrected chi connectivity index (χ3v) is 7.43. The molecule has 0 N–H and O–H groups in total. The highest BCUT2D eigenvalue weighted by atomic mass is 16.5. The van der Waals surface area contributed by atoms with E-state index in [4.69, 9.17) is 18.9 Å². The van der Waals surface area contributed by atoms with Gasteiger partial charge in [-0.3, -0.25) is 4.79 Å². The van der Waals surface area contributed by atoms with Crippen LogP contribution in [0.2, 0.25) is 0 Å². The predicted octanol–water partition coefficient (Wildman–Crippen LogP) is 5.39. The first-order chi connectivity index (χ1) is 21.0. The topological polar surface area (TPSA) is 91.4 Å². The summed E-state index contributed by atoms with van der Waals surface area (Å²) in [4.78, 5) is 37.5. The second kappa shape index (κ2) is 16.3. The highest BCUT2D eigenvalue weighted by Crippen LogP contribution is 2.24. The molecule has 3 aromatic rings. The Balaban J connectivity index is 1.42. The molecule has 0 bridgehead atoms. The maximum Gasteiger partial charge on any atom is 0.337 e. The SMILES string of the molecule is COC(=O)c1ccc(CCC(/C=C/c2ccccc2OCCCN2CCOCC2=O)Cc2ccc(C(=O)OC)cc2)cc1. The van der Waals surface area contributed by atoms with E-state index in [0.29, 0.717) is 37.4 Å². The molecule has 1 fully saturated rings. The first-order valence-corrected chi connectivity index (χ1v) is 14.6. The molecule has 43 heavy (non-hydrogen) atoms. The molecule has 3 aromatic carbocycles. The van der Waals surface area contributed by atoms with Gasteiger partial charge in [0.1, 0.15) is 12.4 Å². The molecule has 1 atom stereocenters. The van der Waals surface area contributed by atoms with Gasteiger partial charge in [-0.15, -0.1) is 0 Å². The maximum atomic E-state index is 12.0. The normalized spacial score (nSPS) is 14.0. The average molecular weight is 586 g/mol. The highest BCUT2D eigenvalue weighted by molar-refractivity contribution is 5.89. The van der Waals surface area contributed by atoms with E-state index in [1.165, 1.54) is 14.2 Å². The summed E-state index contributed by atoms with van der Waals surface area (Å²) < 4.78 is 21.0. The van der Waals surface area contributed by atoms with Crippen molar-refractivity contribution >= 4 is 23.9 Å². The number of carbonyl (C=O) groups is 3. The molecule has 1 unspecified atom stereocenters. The van der Waals surface area contributed by atoms with Gasteiger partial charge in [0.2, 0.25) is 5.91 Å². The summed E-state index contributed by atoms with van der Waals surface area (Å²) in [7, 11) is 2.75. The zero-order valence-electron chi connectivity index (χ0n) is 24.8. The van der Waals surface area contributed by atoms with E-state index in [2.05, 4.69) is 12.2 Å². The van der Waals surface area contributed by atoms with Gasteiger partial charge in [0.25, 0.3) is 0 Å². The van der Waals surface area contributed by atoms with Crippen molar-refractivity contribution < 1.29 is 33.3 Å². The van der Waals surface area contributed by atoms with Crippen LogP contribution < -0.4 is 4.74 Å². The van der Waals surface area contributed by atoms with Crippen LogP contribution in [0.4, 0.5) is 0 Å². The zero-order valence-corrected chi connectivity index (χ0v) is 24.8. The lowest BCUT2D eigenvalue weighted by Crippen LogP contribution is -2.42. The number of hydrogen-bond acceptors (Lipinski definition) is 7. The molecule has 0 aromatic heterocycles. The molecule has 1 aliphatic rings. The van der Waals surface area contributed by atoms with Gasteiger partial charge in [0.15, 0.2) is 0 Å². The molecular weight excluding hydrogens is 546 g/mol. The number of nitrogens with zero attached hydrogens (tertiary/aromatic N) is 1. The van der Waals surface area contributed by atoms with Gasteiger partial charge in [-0.1, -0.05) is 54.6 Å². The fourth-order valence-corrected chi connectivity index (χ4v) is 4.95. The van der Waals surface area contributed by atoms with E-state index in [0.717, 1.165) is 48.1 Å². The number of allylic oxidation sites excluding steroid dienone is 1. The van der Waals surface area contributed by atoms with Crippen LogP contribution in [0.25, 0.3) is 6.08 Å². The minimum absolute atomic E-state index is 0.0277. The zero-order chi connectivity index (χ0) is 30.4. The highest BCUT2D eigenvalue weighted by Gasteiger charge is 2.18. The monoisotopic (exact) mass is 585 g/mol. The Morgan fingerprint density at radius 2 is 1.56 bits per heavy atom. The summed E-state index contributed by atoms with van der Waals surface area (Å²) in [5, 5.41) is 0. The first-order valence-electron chi connectivity index (χ1n) is 14.6. The van der Waals surface area contributed by atoms with E-state index < -0.39 is 0 Å². The molecule has 0 spiro atoms. The lowest BCUT2D eigenvalue weighted by atomic mass is 9.91. The number of aryl methyl sites for hydroxylation is 1. The van der Waals surface area contributed by atoms with Crippen molar-refractivity contribution in [3.8, 4) is 5.75 Å². The van der Waals surface area contributed by atoms with Crippen LogP contribution in [0.3, 0.4) is 0 Å². The lowest BCUT2D eigenvalue weighted by Gasteiger charge is -2.26. The Hall–Kier alpha value is -4.43. The number of amides is 1. The molecule has 8 nitrogen and oxygen atoms in total. The van der Waals surface area contributed by atoms with Crippen LogP contribution in [0, 0.1) is 5.92 Å². The van der Waals surface area contributed by atoms with Gasteiger partial charge >= 0.3 is 11.9 Å². The summed E-state index contributed by atoms with van der Waals surface area (Å²) >= 11 is 0. The van der Waals surface area contributed by atoms with Crippen LogP contribution in [-0.4, -0.2) is 69.9 Å². The second-order valence-electron chi connectivity index (χ2n) is 10.4. The quantitative estimate of drug-likeness (QED) is 0.185. The number of benzene rings is 3. The number of morpholine rings is 1. The standard InChI is InChI=1S/C35H39NO7/c1-40-34(38)30-16-10-26(11-17-30)8-9-27(24-28-13-18-31(19-14-28)35(39)41-2)12-15-29-6-3-4-7-32(29)43-22-5-20-36-21-23-42-25-33(36)37/h3-4,6-7,10-19,27H,5,8-9,20-25H2,1-2H3/b15-12+. The minimum Gasteiger partial charge on any atom is -0.493 e. The van der Waals surface area contributed by atoms with Crippen LogP contribution in [-0.2, 0) is 31.8 Å². The summed E-state index contributed by atoms with van der Waals surface area (Å²) in [5.41, 5.74) is 4.29. The third kappa shape index (κ3) is 9.54. The van der Waals surface area contributed by atoms with Crippen molar-refractivity contribution in [2.45, 2.75) is 25.7 Å². The Labute approximate surface area is 253 Å². The second-order valence-corrected chi connectivity index (χ2v) is 10.4. The number of esters is 2. The van der Waals surface area contributed by atoms with E-state index in [1.54, 1.807) is 24.3 Å². The predicted molar refractivity (Wildman–Crippen MR) is 164 cm³/mol. The number of hydrogen-bond donors (Lipinski definition) is 0. The van der Waals surface area contributed by atoms with E-state index in [9.17, 15) is 14.4 Å². The molecule has 1 saturated heterocycles. The summed E-state index contributed by atoms with van der Waals surface area (Å²) in [6.45, 7) is 2.52. The Kier molecular flexibility index (Phi) is 11.9. The van der Waals surface area contributed by atoms with Gasteiger partial charge < -0.3 is 23.8 Å². The van der Waals surface area contributed by atoms with E-state index in [-0.39, 0.29) is 30.4 Å². The summed E-state index contributed by atoms with van der Waals surface area (Å²) in [6, 6.07) is 23.0. The molecule has 0 radical (unpaired) electrons. The van der Waals surface area contributed by atoms with Crippen molar-refractivity contribution in [2.75, 3.05) is 47.1 Å². The number of rotatable bonds is 14. The average Bonchev–Trinajstić information content (AvgIpc) is 3.05. The maximum absolute atomic E-state index is 12.0. The number of methoxy groups -OCH3 is 2. The minimum atomic E-state index is -0.355. The van der Waals surface area contributed by atoms with Gasteiger partial charge in [-0.2, -0.15) is 0 Å². The summed E-state index contributed by atoms with van der Waals surface area (Å²) in [5.74, 6) is 0.320. The fourth-order valence-electron chi connectivity index (χ4n) is 4.95. The summed E-state index contributed by atoms with van der Waals surface area (Å²) in [6.07, 6.45) is 7.55. The van der Waals surface area contributed by atoms with Crippen molar-refractivity contribution in [3.63, 3.8) is 0 Å².